The van der Waals surface area contributed by atoms with E-state index in [0.717, 1.165) is 12.1 Å². The summed E-state index contributed by atoms with van der Waals surface area (Å²) in [5.74, 6) is -3.72. The zero-order valence-corrected chi connectivity index (χ0v) is 16.5. The molecule has 0 aliphatic rings. The number of carbonyl (C=O) groups is 3. The van der Waals surface area contributed by atoms with E-state index in [9.17, 15) is 23.2 Å². The van der Waals surface area contributed by atoms with Gasteiger partial charge < -0.3 is 16.0 Å². The lowest BCUT2D eigenvalue weighted by Gasteiger charge is -2.21. The van der Waals surface area contributed by atoms with E-state index < -0.39 is 35.5 Å². The smallest absolute Gasteiger partial charge is 0.246 e. The van der Waals surface area contributed by atoms with Crippen LogP contribution in [0.2, 0.25) is 5.02 Å². The number of hydrogen-bond donors (Lipinski definition) is 3. The summed E-state index contributed by atoms with van der Waals surface area (Å²) in [5, 5.41) is 8.03. The van der Waals surface area contributed by atoms with E-state index in [4.69, 9.17) is 11.6 Å². The van der Waals surface area contributed by atoms with Crippen LogP contribution in [0.3, 0.4) is 0 Å². The zero-order chi connectivity index (χ0) is 21.6. The first kappa shape index (κ1) is 22.3. The summed E-state index contributed by atoms with van der Waals surface area (Å²) in [5.41, 5.74) is 0.725. The molecule has 3 amide bonds. The van der Waals surface area contributed by atoms with Crippen LogP contribution in [0.1, 0.15) is 36.6 Å². The molecule has 0 fully saturated rings. The molecule has 0 aromatic heterocycles. The molecule has 0 radical (unpaired) electrons. The van der Waals surface area contributed by atoms with Crippen LogP contribution in [0.4, 0.5) is 8.78 Å². The number of carbonyl (C=O) groups excluding carboxylic acids is 3. The fourth-order valence-electron chi connectivity index (χ4n) is 2.73. The Hall–Kier alpha value is -3.00. The van der Waals surface area contributed by atoms with Gasteiger partial charge in [0.25, 0.3) is 0 Å². The topological polar surface area (TPSA) is 87.3 Å². The van der Waals surface area contributed by atoms with Crippen molar-refractivity contribution in [2.45, 2.75) is 25.4 Å². The lowest BCUT2D eigenvalue weighted by atomic mass is 10.0. The van der Waals surface area contributed by atoms with Crippen molar-refractivity contribution in [3.05, 3.63) is 70.2 Å². The Morgan fingerprint density at radius 3 is 2.14 bits per heavy atom. The Morgan fingerprint density at radius 2 is 1.59 bits per heavy atom. The third-order valence-corrected chi connectivity index (χ3v) is 4.38. The largest absolute Gasteiger partial charge is 0.357 e. The second-order valence-electron chi connectivity index (χ2n) is 6.30. The van der Waals surface area contributed by atoms with Crippen molar-refractivity contribution >= 4 is 29.3 Å². The molecule has 29 heavy (non-hydrogen) atoms. The fraction of sp³-hybridized carbons (Fsp3) is 0.250. The average molecular weight is 424 g/mol. The quantitative estimate of drug-likeness (QED) is 0.640. The predicted octanol–water partition coefficient (Wildman–Crippen LogP) is 2.79. The molecule has 0 spiro atoms. The molecule has 0 aliphatic heterocycles. The second-order valence-corrected chi connectivity index (χ2v) is 6.73. The van der Waals surface area contributed by atoms with Crippen LogP contribution < -0.4 is 16.0 Å². The minimum absolute atomic E-state index is 0.0826. The molecule has 154 valence electrons. The molecule has 0 saturated heterocycles. The summed E-state index contributed by atoms with van der Waals surface area (Å²) in [6.45, 7) is 1.31. The normalized spacial score (nSPS) is 12.6. The summed E-state index contributed by atoms with van der Waals surface area (Å²) in [7, 11) is 1.36. The van der Waals surface area contributed by atoms with E-state index in [1.54, 1.807) is 24.3 Å². The van der Waals surface area contributed by atoms with Crippen LogP contribution in [0.15, 0.2) is 42.5 Å². The summed E-state index contributed by atoms with van der Waals surface area (Å²) in [6.07, 6.45) is -0.182. The minimum Gasteiger partial charge on any atom is -0.357 e. The Balaban J connectivity index is 2.21. The molecule has 2 rings (SSSR count). The van der Waals surface area contributed by atoms with Gasteiger partial charge in [0.15, 0.2) is 11.6 Å². The number of hydrogen-bond acceptors (Lipinski definition) is 3. The van der Waals surface area contributed by atoms with Gasteiger partial charge >= 0.3 is 0 Å². The minimum atomic E-state index is -1.23. The zero-order valence-electron chi connectivity index (χ0n) is 15.8. The number of rotatable bonds is 7. The average Bonchev–Trinajstić information content (AvgIpc) is 2.67. The highest BCUT2D eigenvalue weighted by molar-refractivity contribution is 6.30. The molecular weight excluding hydrogens is 404 g/mol. The van der Waals surface area contributed by atoms with E-state index in [1.807, 2.05) is 0 Å². The van der Waals surface area contributed by atoms with Gasteiger partial charge in [-0.1, -0.05) is 29.8 Å². The van der Waals surface area contributed by atoms with E-state index in [-0.39, 0.29) is 17.9 Å². The maximum absolute atomic E-state index is 13.6. The first-order valence-electron chi connectivity index (χ1n) is 8.69. The van der Waals surface area contributed by atoms with Crippen molar-refractivity contribution in [1.82, 2.24) is 16.0 Å². The van der Waals surface area contributed by atoms with Gasteiger partial charge in [-0.15, -0.1) is 0 Å². The van der Waals surface area contributed by atoms with Gasteiger partial charge in [0.2, 0.25) is 17.7 Å². The van der Waals surface area contributed by atoms with E-state index in [1.165, 1.54) is 20.0 Å². The highest BCUT2D eigenvalue weighted by Crippen LogP contribution is 2.21. The maximum Gasteiger partial charge on any atom is 0.246 e. The number of amides is 3. The lowest BCUT2D eigenvalue weighted by Crippen LogP contribution is -2.40. The molecule has 0 aliphatic carbocycles. The van der Waals surface area contributed by atoms with Crippen LogP contribution >= 0.6 is 11.6 Å². The van der Waals surface area contributed by atoms with Gasteiger partial charge in [-0.2, -0.15) is 0 Å². The van der Waals surface area contributed by atoms with Crippen LogP contribution in [0.25, 0.3) is 0 Å². The Labute approximate surface area is 171 Å². The second kappa shape index (κ2) is 9.97. The third kappa shape index (κ3) is 6.25. The van der Waals surface area contributed by atoms with Gasteiger partial charge in [-0.25, -0.2) is 8.78 Å². The molecule has 9 heteroatoms. The van der Waals surface area contributed by atoms with Gasteiger partial charge in [0.05, 0.1) is 12.5 Å². The van der Waals surface area contributed by atoms with Gasteiger partial charge in [-0.05, 0) is 35.4 Å². The molecule has 0 saturated carbocycles. The number of likely N-dealkylation sites (N-methyl/N-ethyl adjacent to an activating group) is 1. The number of halogens is 3. The molecule has 2 atom stereocenters. The van der Waals surface area contributed by atoms with Crippen molar-refractivity contribution in [2.75, 3.05) is 7.05 Å². The van der Waals surface area contributed by atoms with Crippen LogP contribution in [-0.2, 0) is 14.4 Å². The lowest BCUT2D eigenvalue weighted by molar-refractivity contribution is -0.129. The standard InChI is InChI=1S/C20H20ClF2N3O3/c1-11(27)25-17(12-3-6-14(21)7-4-12)10-18(28)26-19(20(29)24-2)13-5-8-15(22)16(23)9-13/h3-9,17,19H,10H2,1-2H3,(H,24,29)(H,25,27)(H,26,28). The molecule has 6 nitrogen and oxygen atoms in total. The van der Waals surface area contributed by atoms with Crippen molar-refractivity contribution < 1.29 is 23.2 Å². The fourth-order valence-corrected chi connectivity index (χ4v) is 2.86. The molecular formula is C20H20ClF2N3O3. The molecule has 2 unspecified atom stereocenters. The van der Waals surface area contributed by atoms with Crippen LogP contribution in [0, 0.1) is 11.6 Å². The molecule has 0 heterocycles. The summed E-state index contributed by atoms with van der Waals surface area (Å²) in [6, 6.07) is 7.62. The highest BCUT2D eigenvalue weighted by atomic mass is 35.5. The summed E-state index contributed by atoms with van der Waals surface area (Å²) >= 11 is 5.87. The van der Waals surface area contributed by atoms with Gasteiger partial charge in [0.1, 0.15) is 6.04 Å². The van der Waals surface area contributed by atoms with Crippen molar-refractivity contribution in [1.29, 1.82) is 0 Å². The Morgan fingerprint density at radius 1 is 0.966 bits per heavy atom. The number of benzene rings is 2. The third-order valence-electron chi connectivity index (χ3n) is 4.13. The van der Waals surface area contributed by atoms with Gasteiger partial charge in [-0.3, -0.25) is 14.4 Å². The monoisotopic (exact) mass is 423 g/mol. The van der Waals surface area contributed by atoms with Crippen molar-refractivity contribution in [2.24, 2.45) is 0 Å². The summed E-state index contributed by atoms with van der Waals surface area (Å²) < 4.78 is 26.8. The highest BCUT2D eigenvalue weighted by Gasteiger charge is 2.25. The molecule has 3 N–H and O–H groups in total. The summed E-state index contributed by atoms with van der Waals surface area (Å²) in [4.78, 5) is 36.3. The van der Waals surface area contributed by atoms with Gasteiger partial charge in [0, 0.05) is 19.0 Å². The van der Waals surface area contributed by atoms with Crippen LogP contribution in [0.5, 0.6) is 0 Å². The van der Waals surface area contributed by atoms with Crippen molar-refractivity contribution in [3.63, 3.8) is 0 Å². The first-order valence-corrected chi connectivity index (χ1v) is 9.07. The molecule has 2 aromatic carbocycles. The van der Waals surface area contributed by atoms with E-state index in [0.29, 0.717) is 10.6 Å². The van der Waals surface area contributed by atoms with Crippen molar-refractivity contribution in [3.8, 4) is 0 Å². The molecule has 2 aromatic rings. The maximum atomic E-state index is 13.6. The predicted molar refractivity (Wildman–Crippen MR) is 104 cm³/mol. The molecule has 0 bridgehead atoms. The Bertz CT molecular complexity index is 906. The van der Waals surface area contributed by atoms with E-state index >= 15 is 0 Å². The SMILES string of the molecule is CNC(=O)C(NC(=O)CC(NC(C)=O)c1ccc(Cl)cc1)c1ccc(F)c(F)c1. The first-order chi connectivity index (χ1) is 13.7. The number of nitrogens with one attached hydrogen (secondary N) is 3. The Kier molecular flexibility index (Phi) is 7.67. The van der Waals surface area contributed by atoms with Crippen LogP contribution in [-0.4, -0.2) is 24.8 Å². The van der Waals surface area contributed by atoms with E-state index in [2.05, 4.69) is 16.0 Å².